The predicted molar refractivity (Wildman–Crippen MR) is 95.0 cm³/mol. The lowest BCUT2D eigenvalue weighted by atomic mass is 10.1. The number of halogens is 1. The van der Waals surface area contributed by atoms with E-state index in [1.54, 1.807) is 36.4 Å². The Balaban J connectivity index is 1.80. The van der Waals surface area contributed by atoms with Crippen molar-refractivity contribution >= 4 is 17.6 Å². The molecule has 2 rings (SSSR count). The van der Waals surface area contributed by atoms with Gasteiger partial charge in [0.25, 0.3) is 0 Å². The van der Waals surface area contributed by atoms with Crippen molar-refractivity contribution in [1.82, 2.24) is 0 Å². The van der Waals surface area contributed by atoms with Gasteiger partial charge in [-0.15, -0.1) is 0 Å². The first-order valence-electron chi connectivity index (χ1n) is 8.40. The number of hydrogen-bond donors (Lipinski definition) is 1. The van der Waals surface area contributed by atoms with Crippen LogP contribution < -0.4 is 5.32 Å². The van der Waals surface area contributed by atoms with Crippen molar-refractivity contribution < 1.29 is 18.7 Å². The minimum absolute atomic E-state index is 0.136. The van der Waals surface area contributed by atoms with Gasteiger partial charge in [-0.1, -0.05) is 25.5 Å². The molecule has 2 aromatic rings. The van der Waals surface area contributed by atoms with E-state index < -0.39 is 0 Å². The van der Waals surface area contributed by atoms with Gasteiger partial charge >= 0.3 is 5.97 Å². The molecule has 0 saturated carbocycles. The lowest BCUT2D eigenvalue weighted by Gasteiger charge is -2.07. The third-order valence-electron chi connectivity index (χ3n) is 3.69. The summed E-state index contributed by atoms with van der Waals surface area (Å²) in [5.41, 5.74) is 1.98. The summed E-state index contributed by atoms with van der Waals surface area (Å²) < 4.78 is 18.0. The molecule has 0 bridgehead atoms. The van der Waals surface area contributed by atoms with E-state index >= 15 is 0 Å². The van der Waals surface area contributed by atoms with Crippen molar-refractivity contribution in [2.75, 3.05) is 11.9 Å². The second kappa shape index (κ2) is 9.57. The Labute approximate surface area is 147 Å². The molecule has 2 aromatic carbocycles. The van der Waals surface area contributed by atoms with Crippen molar-refractivity contribution in [2.24, 2.45) is 0 Å². The maximum Gasteiger partial charge on any atom is 0.338 e. The van der Waals surface area contributed by atoms with Crippen LogP contribution in [-0.2, 0) is 16.0 Å². The Morgan fingerprint density at radius 3 is 2.36 bits per heavy atom. The first-order valence-corrected chi connectivity index (χ1v) is 8.40. The van der Waals surface area contributed by atoms with Gasteiger partial charge in [-0.05, 0) is 54.8 Å². The Kier molecular flexibility index (Phi) is 7.14. The summed E-state index contributed by atoms with van der Waals surface area (Å²) in [6.45, 7) is 2.44. The van der Waals surface area contributed by atoms with Crippen LogP contribution in [0.3, 0.4) is 0 Å². The molecule has 0 aliphatic carbocycles. The number of hydrogen-bond acceptors (Lipinski definition) is 3. The second-order valence-electron chi connectivity index (χ2n) is 5.74. The predicted octanol–water partition coefficient (Wildman–Crippen LogP) is 4.35. The molecule has 5 heteroatoms. The molecule has 0 unspecified atom stereocenters. The molecule has 0 spiro atoms. The molecule has 0 atom stereocenters. The summed E-state index contributed by atoms with van der Waals surface area (Å²) in [5, 5.41) is 2.78. The molecule has 0 aliphatic heterocycles. The van der Waals surface area contributed by atoms with Gasteiger partial charge in [0.15, 0.2) is 0 Å². The second-order valence-corrected chi connectivity index (χ2v) is 5.74. The maximum absolute atomic E-state index is 12.8. The lowest BCUT2D eigenvalue weighted by Crippen LogP contribution is -2.12. The average molecular weight is 343 g/mol. The summed E-state index contributed by atoms with van der Waals surface area (Å²) in [7, 11) is 0. The quantitative estimate of drug-likeness (QED) is 0.572. The third kappa shape index (κ3) is 6.37. The molecule has 1 N–H and O–H groups in total. The van der Waals surface area contributed by atoms with Gasteiger partial charge in [0.05, 0.1) is 12.2 Å². The van der Waals surface area contributed by atoms with E-state index in [0.717, 1.165) is 18.4 Å². The number of esters is 1. The summed E-state index contributed by atoms with van der Waals surface area (Å²) in [5.74, 6) is -0.785. The van der Waals surface area contributed by atoms with E-state index in [-0.39, 0.29) is 17.7 Å². The molecule has 0 heterocycles. The standard InChI is InChI=1S/C20H22FNO3/c1-2-3-14-25-20(24)16-7-11-18(12-8-16)22-19(23)13-6-15-4-9-17(21)10-5-15/h4-5,7-12H,2-3,6,13-14H2,1H3,(H,22,23). The van der Waals surface area contributed by atoms with E-state index in [4.69, 9.17) is 4.74 Å². The molecule has 0 saturated heterocycles. The SMILES string of the molecule is CCCCOC(=O)c1ccc(NC(=O)CCc2ccc(F)cc2)cc1. The number of carbonyl (C=O) groups excluding carboxylic acids is 2. The van der Waals surface area contributed by atoms with Crippen LogP contribution in [0.4, 0.5) is 10.1 Å². The molecule has 0 fully saturated rings. The zero-order valence-corrected chi connectivity index (χ0v) is 14.3. The number of anilines is 1. The topological polar surface area (TPSA) is 55.4 Å². The van der Waals surface area contributed by atoms with Crippen molar-refractivity contribution in [3.63, 3.8) is 0 Å². The largest absolute Gasteiger partial charge is 0.462 e. The van der Waals surface area contributed by atoms with Crippen molar-refractivity contribution in [3.05, 3.63) is 65.5 Å². The summed E-state index contributed by atoms with van der Waals surface area (Å²) in [4.78, 5) is 23.8. The van der Waals surface area contributed by atoms with Gasteiger partial charge in [0.1, 0.15) is 5.82 Å². The molecule has 1 amide bonds. The van der Waals surface area contributed by atoms with Gasteiger partial charge in [-0.3, -0.25) is 4.79 Å². The monoisotopic (exact) mass is 343 g/mol. The van der Waals surface area contributed by atoms with E-state index in [0.29, 0.717) is 30.7 Å². The van der Waals surface area contributed by atoms with Crippen LogP contribution in [0.25, 0.3) is 0 Å². The number of carbonyl (C=O) groups is 2. The van der Waals surface area contributed by atoms with Crippen LogP contribution in [-0.4, -0.2) is 18.5 Å². The average Bonchev–Trinajstić information content (AvgIpc) is 2.62. The van der Waals surface area contributed by atoms with Gasteiger partial charge < -0.3 is 10.1 Å². The van der Waals surface area contributed by atoms with E-state index in [1.807, 2.05) is 6.92 Å². The van der Waals surface area contributed by atoms with Crippen LogP contribution in [0.2, 0.25) is 0 Å². The zero-order chi connectivity index (χ0) is 18.1. The smallest absolute Gasteiger partial charge is 0.338 e. The molecule has 25 heavy (non-hydrogen) atoms. The van der Waals surface area contributed by atoms with Gasteiger partial charge in [0.2, 0.25) is 5.91 Å². The fourth-order valence-electron chi connectivity index (χ4n) is 2.21. The van der Waals surface area contributed by atoms with Gasteiger partial charge in [0, 0.05) is 12.1 Å². The lowest BCUT2D eigenvalue weighted by molar-refractivity contribution is -0.116. The Morgan fingerprint density at radius 2 is 1.72 bits per heavy atom. The summed E-state index contributed by atoms with van der Waals surface area (Å²) in [6, 6.07) is 12.7. The highest BCUT2D eigenvalue weighted by Gasteiger charge is 2.08. The first-order chi connectivity index (χ1) is 12.1. The number of rotatable bonds is 8. The zero-order valence-electron chi connectivity index (χ0n) is 14.3. The Bertz CT molecular complexity index is 696. The number of unbranched alkanes of at least 4 members (excludes halogenated alkanes) is 1. The normalized spacial score (nSPS) is 10.3. The minimum atomic E-state index is -0.359. The van der Waals surface area contributed by atoms with Crippen LogP contribution in [0, 0.1) is 5.82 Å². The van der Waals surface area contributed by atoms with Gasteiger partial charge in [-0.2, -0.15) is 0 Å². The maximum atomic E-state index is 12.8. The van der Waals surface area contributed by atoms with E-state index in [9.17, 15) is 14.0 Å². The highest BCUT2D eigenvalue weighted by Crippen LogP contribution is 2.12. The molecule has 4 nitrogen and oxygen atoms in total. The fourth-order valence-corrected chi connectivity index (χ4v) is 2.21. The van der Waals surface area contributed by atoms with Crippen molar-refractivity contribution in [2.45, 2.75) is 32.6 Å². The fraction of sp³-hybridized carbons (Fsp3) is 0.300. The minimum Gasteiger partial charge on any atom is -0.462 e. The van der Waals surface area contributed by atoms with E-state index in [1.165, 1.54) is 12.1 Å². The van der Waals surface area contributed by atoms with Crippen LogP contribution in [0.1, 0.15) is 42.1 Å². The number of aryl methyl sites for hydroxylation is 1. The van der Waals surface area contributed by atoms with Gasteiger partial charge in [-0.25, -0.2) is 9.18 Å². The van der Waals surface area contributed by atoms with Crippen molar-refractivity contribution in [3.8, 4) is 0 Å². The number of nitrogens with one attached hydrogen (secondary N) is 1. The Morgan fingerprint density at radius 1 is 1.04 bits per heavy atom. The number of benzene rings is 2. The summed E-state index contributed by atoms with van der Waals surface area (Å²) in [6.07, 6.45) is 2.64. The van der Waals surface area contributed by atoms with E-state index in [2.05, 4.69) is 5.32 Å². The van der Waals surface area contributed by atoms with Crippen LogP contribution in [0.5, 0.6) is 0 Å². The van der Waals surface area contributed by atoms with Crippen molar-refractivity contribution in [1.29, 1.82) is 0 Å². The van der Waals surface area contributed by atoms with Crippen LogP contribution in [0.15, 0.2) is 48.5 Å². The molecular weight excluding hydrogens is 321 g/mol. The highest BCUT2D eigenvalue weighted by atomic mass is 19.1. The molecule has 132 valence electrons. The number of amides is 1. The molecule has 0 aromatic heterocycles. The number of ether oxygens (including phenoxy) is 1. The highest BCUT2D eigenvalue weighted by molar-refractivity contribution is 5.93. The third-order valence-corrected chi connectivity index (χ3v) is 3.69. The molecule has 0 aliphatic rings. The Hall–Kier alpha value is -2.69. The van der Waals surface area contributed by atoms with Crippen LogP contribution >= 0.6 is 0 Å². The first kappa shape index (κ1) is 18.6. The molecule has 0 radical (unpaired) electrons. The molecular formula is C20H22FNO3. The summed E-state index contributed by atoms with van der Waals surface area (Å²) >= 11 is 0.